The molecule has 8 heteroatoms. The molecule has 0 aromatic carbocycles. The van der Waals surface area contributed by atoms with Gasteiger partial charge in [0.15, 0.2) is 0 Å². The van der Waals surface area contributed by atoms with Gasteiger partial charge >= 0.3 is 0 Å². The van der Waals surface area contributed by atoms with E-state index in [1.165, 1.54) is 18.4 Å². The van der Waals surface area contributed by atoms with Crippen LogP contribution < -0.4 is 5.32 Å². The predicted molar refractivity (Wildman–Crippen MR) is 139 cm³/mol. The van der Waals surface area contributed by atoms with E-state index in [9.17, 15) is 9.90 Å². The minimum absolute atomic E-state index is 0.136. The highest BCUT2D eigenvalue weighted by Crippen LogP contribution is 2.40. The fourth-order valence-electron chi connectivity index (χ4n) is 6.72. The number of hydrogen-bond donors (Lipinski definition) is 2. The lowest BCUT2D eigenvalue weighted by atomic mass is 9.88. The number of carbonyl (C=O) groups excluding carboxylic acids is 1. The maximum absolute atomic E-state index is 13.0. The first kappa shape index (κ1) is 24.2. The average molecular weight is 496 g/mol. The van der Waals surface area contributed by atoms with E-state index < -0.39 is 0 Å². The Morgan fingerprint density at radius 1 is 1.11 bits per heavy atom. The van der Waals surface area contributed by atoms with Crippen LogP contribution in [0.5, 0.6) is 0 Å². The summed E-state index contributed by atoms with van der Waals surface area (Å²) in [4.78, 5) is 24.9. The van der Waals surface area contributed by atoms with Crippen LogP contribution >= 0.6 is 0 Å². The quantitative estimate of drug-likeness (QED) is 0.622. The van der Waals surface area contributed by atoms with Gasteiger partial charge in [-0.15, -0.1) is 0 Å². The normalized spacial score (nSPS) is 30.0. The Morgan fingerprint density at radius 2 is 1.86 bits per heavy atom. The van der Waals surface area contributed by atoms with Gasteiger partial charge in [0.1, 0.15) is 5.65 Å². The topological polar surface area (TPSA) is 92.5 Å². The maximum atomic E-state index is 13.0. The van der Waals surface area contributed by atoms with Crippen LogP contribution in [0.1, 0.15) is 88.7 Å². The molecule has 2 atom stereocenters. The molecule has 2 aliphatic heterocycles. The molecule has 8 nitrogen and oxygen atoms in total. The zero-order valence-corrected chi connectivity index (χ0v) is 21.6. The monoisotopic (exact) mass is 495 g/mol. The number of anilines is 1. The summed E-state index contributed by atoms with van der Waals surface area (Å²) in [5.74, 6) is 2.35. The highest BCUT2D eigenvalue weighted by atomic mass is 16.5. The lowest BCUT2D eigenvalue weighted by Gasteiger charge is -2.35. The molecule has 2 saturated carbocycles. The number of aliphatic hydroxyl groups excluding tert-OH is 1. The molecule has 1 amide bonds. The third kappa shape index (κ3) is 4.86. The van der Waals surface area contributed by atoms with Crippen LogP contribution in [0.15, 0.2) is 12.4 Å². The number of carbonyl (C=O) groups is 1. The summed E-state index contributed by atoms with van der Waals surface area (Å²) in [5.41, 5.74) is 2.36. The number of nitrogens with zero attached hydrogens (tertiary/aromatic N) is 4. The fraction of sp³-hybridized carbons (Fsp3) is 0.750. The predicted octanol–water partition coefficient (Wildman–Crippen LogP) is 4.25. The Kier molecular flexibility index (Phi) is 6.90. The average Bonchev–Trinajstić information content (AvgIpc) is 3.58. The molecule has 36 heavy (non-hydrogen) atoms. The second kappa shape index (κ2) is 10.3. The van der Waals surface area contributed by atoms with Crippen molar-refractivity contribution in [3.63, 3.8) is 0 Å². The molecule has 2 saturated heterocycles. The fourth-order valence-corrected chi connectivity index (χ4v) is 6.72. The number of aliphatic hydroxyl groups is 1. The maximum Gasteiger partial charge on any atom is 0.225 e. The largest absolute Gasteiger partial charge is 0.393 e. The van der Waals surface area contributed by atoms with Gasteiger partial charge in [-0.25, -0.2) is 4.98 Å². The molecular formula is C28H41N5O3. The Hall–Kier alpha value is -2.19. The summed E-state index contributed by atoms with van der Waals surface area (Å²) in [5, 5.41) is 14.8. The van der Waals surface area contributed by atoms with E-state index in [2.05, 4.69) is 27.9 Å². The lowest BCUT2D eigenvalue weighted by Crippen LogP contribution is -2.42. The molecule has 4 heterocycles. The molecule has 0 bridgehead atoms. The minimum Gasteiger partial charge on any atom is -0.393 e. The van der Waals surface area contributed by atoms with Crippen LogP contribution in [0.2, 0.25) is 0 Å². The summed E-state index contributed by atoms with van der Waals surface area (Å²) in [6, 6.07) is 0.865. The minimum atomic E-state index is -0.173. The molecule has 4 fully saturated rings. The summed E-state index contributed by atoms with van der Waals surface area (Å²) >= 11 is 0. The van der Waals surface area contributed by atoms with Gasteiger partial charge in [-0.2, -0.15) is 4.98 Å². The van der Waals surface area contributed by atoms with Crippen LogP contribution in [-0.2, 0) is 9.53 Å². The molecule has 2 N–H and O–H groups in total. The zero-order valence-electron chi connectivity index (χ0n) is 21.6. The first-order chi connectivity index (χ1) is 17.6. The summed E-state index contributed by atoms with van der Waals surface area (Å²) < 4.78 is 7.83. The van der Waals surface area contributed by atoms with E-state index in [4.69, 9.17) is 14.7 Å². The third-order valence-electron chi connectivity index (χ3n) is 9.24. The van der Waals surface area contributed by atoms with E-state index in [1.807, 2.05) is 6.20 Å². The highest BCUT2D eigenvalue weighted by molar-refractivity contribution is 5.82. The van der Waals surface area contributed by atoms with Gasteiger partial charge in [0, 0.05) is 62.1 Å². The van der Waals surface area contributed by atoms with Crippen LogP contribution in [0, 0.1) is 11.8 Å². The van der Waals surface area contributed by atoms with Crippen LogP contribution in [0.4, 0.5) is 5.95 Å². The number of likely N-dealkylation sites (tertiary alicyclic amines) is 1. The first-order valence-corrected chi connectivity index (χ1v) is 14.3. The van der Waals surface area contributed by atoms with Gasteiger partial charge < -0.3 is 24.6 Å². The van der Waals surface area contributed by atoms with Crippen molar-refractivity contribution in [1.29, 1.82) is 0 Å². The van der Waals surface area contributed by atoms with Gasteiger partial charge in [-0.3, -0.25) is 4.79 Å². The molecule has 4 aliphatic rings. The standard InChI is InChI=1S/C28H41N5O3/c1-2-18-15-25(18)30-28-29-16-23-24(17-33(26(23)31-28)21-3-5-22(34)6-4-21)19-7-11-32(12-8-19)27(35)20-9-13-36-14-10-20/h16-22,25,34H,2-15H2,1H3,(H,29,30,31)/t18-,21?,22?,25-/m1/s1. The van der Waals surface area contributed by atoms with Gasteiger partial charge in [0.2, 0.25) is 11.9 Å². The number of nitrogens with one attached hydrogen (secondary N) is 1. The third-order valence-corrected chi connectivity index (χ3v) is 9.24. The summed E-state index contributed by atoms with van der Waals surface area (Å²) in [6.45, 7) is 5.31. The second-order valence-corrected chi connectivity index (χ2v) is 11.5. The Bertz CT molecular complexity index is 1060. The SMILES string of the molecule is CC[C@@H]1C[C@H]1Nc1ncc2c(C3CCN(C(=O)C4CCOCC4)CC3)cn(C3CCC(O)CC3)c2n1. The number of amides is 1. The van der Waals surface area contributed by atoms with E-state index >= 15 is 0 Å². The Morgan fingerprint density at radius 3 is 2.56 bits per heavy atom. The van der Waals surface area contributed by atoms with Gasteiger partial charge in [0.25, 0.3) is 0 Å². The zero-order chi connectivity index (χ0) is 24.6. The van der Waals surface area contributed by atoms with Gasteiger partial charge in [-0.1, -0.05) is 13.3 Å². The number of piperidine rings is 1. The van der Waals surface area contributed by atoms with Crippen LogP contribution in [-0.4, -0.2) is 68.9 Å². The first-order valence-electron chi connectivity index (χ1n) is 14.3. The molecule has 2 aliphatic carbocycles. The van der Waals surface area contributed by atoms with Crippen LogP contribution in [0.25, 0.3) is 11.0 Å². The van der Waals surface area contributed by atoms with Crippen molar-refractivity contribution in [2.45, 2.75) is 95.2 Å². The van der Waals surface area contributed by atoms with E-state index in [0.717, 1.165) is 87.4 Å². The van der Waals surface area contributed by atoms with Crippen molar-refractivity contribution in [1.82, 2.24) is 19.4 Å². The van der Waals surface area contributed by atoms with E-state index in [0.29, 0.717) is 37.1 Å². The lowest BCUT2D eigenvalue weighted by molar-refractivity contribution is -0.139. The van der Waals surface area contributed by atoms with Gasteiger partial charge in [0.05, 0.1) is 6.10 Å². The summed E-state index contributed by atoms with van der Waals surface area (Å²) in [7, 11) is 0. The molecule has 2 aromatic heterocycles. The van der Waals surface area contributed by atoms with Crippen molar-refractivity contribution >= 4 is 22.9 Å². The number of hydrogen-bond acceptors (Lipinski definition) is 6. The molecule has 2 aromatic rings. The Labute approximate surface area is 213 Å². The van der Waals surface area contributed by atoms with Crippen molar-refractivity contribution < 1.29 is 14.6 Å². The van der Waals surface area contributed by atoms with Crippen molar-refractivity contribution in [2.75, 3.05) is 31.6 Å². The number of fused-ring (bicyclic) bond motifs is 1. The number of rotatable bonds is 6. The molecule has 0 radical (unpaired) electrons. The van der Waals surface area contributed by atoms with E-state index in [-0.39, 0.29) is 12.0 Å². The van der Waals surface area contributed by atoms with Crippen molar-refractivity contribution in [3.8, 4) is 0 Å². The molecule has 196 valence electrons. The van der Waals surface area contributed by atoms with Crippen molar-refractivity contribution in [2.24, 2.45) is 11.8 Å². The highest BCUT2D eigenvalue weighted by Gasteiger charge is 2.36. The molecule has 0 spiro atoms. The number of ether oxygens (including phenoxy) is 1. The van der Waals surface area contributed by atoms with Gasteiger partial charge in [-0.05, 0) is 75.2 Å². The number of aromatic nitrogens is 3. The smallest absolute Gasteiger partial charge is 0.225 e. The molecule has 6 rings (SSSR count). The van der Waals surface area contributed by atoms with E-state index in [1.54, 1.807) is 0 Å². The molecular weight excluding hydrogens is 454 g/mol. The second-order valence-electron chi connectivity index (χ2n) is 11.5. The molecule has 0 unspecified atom stereocenters. The Balaban J connectivity index is 1.22. The summed E-state index contributed by atoms with van der Waals surface area (Å²) in [6.07, 6.45) is 13.9. The van der Waals surface area contributed by atoms with Crippen LogP contribution in [0.3, 0.4) is 0 Å². The van der Waals surface area contributed by atoms with Crippen molar-refractivity contribution in [3.05, 3.63) is 18.0 Å².